The Morgan fingerprint density at radius 2 is 2.24 bits per heavy atom. The maximum atomic E-state index is 13.4. The molecule has 0 saturated heterocycles. The molecule has 1 aromatic carbocycles. The third-order valence-electron chi connectivity index (χ3n) is 3.18. The molecule has 90 valence electrons. The van der Waals surface area contributed by atoms with Crippen LogP contribution < -0.4 is 5.73 Å². The molecule has 1 fully saturated rings. The van der Waals surface area contributed by atoms with E-state index in [1.165, 1.54) is 18.2 Å². The first-order valence-corrected chi connectivity index (χ1v) is 5.73. The predicted octanol–water partition coefficient (Wildman–Crippen LogP) is 1.95. The molecule has 3 nitrogen and oxygen atoms in total. The first kappa shape index (κ1) is 12.0. The van der Waals surface area contributed by atoms with Gasteiger partial charge in [0, 0.05) is 5.56 Å². The van der Waals surface area contributed by atoms with Crippen LogP contribution in [-0.4, -0.2) is 12.6 Å². The van der Waals surface area contributed by atoms with Crippen molar-refractivity contribution in [2.75, 3.05) is 6.54 Å². The molecule has 1 aromatic rings. The van der Waals surface area contributed by atoms with Crippen molar-refractivity contribution < 1.29 is 9.13 Å². The van der Waals surface area contributed by atoms with E-state index in [9.17, 15) is 4.39 Å². The van der Waals surface area contributed by atoms with Gasteiger partial charge in [-0.25, -0.2) is 4.39 Å². The number of rotatable bonds is 4. The Hall–Kier alpha value is -1.44. The summed E-state index contributed by atoms with van der Waals surface area (Å²) in [4.78, 5) is 0. The largest absolute Gasteiger partial charge is 0.373 e. The highest BCUT2D eigenvalue weighted by Gasteiger charge is 2.28. The lowest BCUT2D eigenvalue weighted by atomic mass is 9.82. The van der Waals surface area contributed by atoms with Crippen LogP contribution in [0.5, 0.6) is 0 Å². The lowest BCUT2D eigenvalue weighted by Gasteiger charge is -2.34. The molecule has 0 spiro atoms. The molecule has 0 bridgehead atoms. The molecule has 0 radical (unpaired) electrons. The Labute approximate surface area is 100.0 Å². The molecule has 2 N–H and O–H groups in total. The number of nitrogens with two attached hydrogens (primary N) is 1. The molecular formula is C13H15FN2O. The van der Waals surface area contributed by atoms with Crippen LogP contribution in [0, 0.1) is 23.1 Å². The topological polar surface area (TPSA) is 59.0 Å². The van der Waals surface area contributed by atoms with Crippen LogP contribution >= 0.6 is 0 Å². The van der Waals surface area contributed by atoms with E-state index in [2.05, 4.69) is 0 Å². The van der Waals surface area contributed by atoms with E-state index < -0.39 is 0 Å². The number of nitrogens with zero attached hydrogens (tertiary/aromatic N) is 1. The molecule has 17 heavy (non-hydrogen) atoms. The van der Waals surface area contributed by atoms with E-state index >= 15 is 0 Å². The van der Waals surface area contributed by atoms with E-state index in [0.717, 1.165) is 12.8 Å². The van der Waals surface area contributed by atoms with E-state index in [0.29, 0.717) is 23.6 Å². The Morgan fingerprint density at radius 1 is 1.47 bits per heavy atom. The average Bonchev–Trinajstić information content (AvgIpc) is 2.29. The van der Waals surface area contributed by atoms with Crippen molar-refractivity contribution >= 4 is 0 Å². The molecule has 4 heteroatoms. The molecule has 1 aliphatic carbocycles. The van der Waals surface area contributed by atoms with Crippen molar-refractivity contribution in [1.82, 2.24) is 0 Å². The Kier molecular flexibility index (Phi) is 3.72. The lowest BCUT2D eigenvalue weighted by molar-refractivity contribution is -0.0384. The van der Waals surface area contributed by atoms with E-state index in [-0.39, 0.29) is 18.5 Å². The maximum Gasteiger partial charge on any atom is 0.128 e. The van der Waals surface area contributed by atoms with Gasteiger partial charge in [0.25, 0.3) is 0 Å². The SMILES string of the molecule is N#Cc1ccc(F)c(COC2CC(CN)C2)c1. The van der Waals surface area contributed by atoms with Crippen molar-refractivity contribution in [2.45, 2.75) is 25.6 Å². The van der Waals surface area contributed by atoms with Crippen LogP contribution in [0.4, 0.5) is 4.39 Å². The quantitative estimate of drug-likeness (QED) is 0.866. The maximum absolute atomic E-state index is 13.4. The smallest absolute Gasteiger partial charge is 0.128 e. The van der Waals surface area contributed by atoms with Gasteiger partial charge in [0.2, 0.25) is 0 Å². The number of nitriles is 1. The Balaban J connectivity index is 1.89. The highest BCUT2D eigenvalue weighted by Crippen LogP contribution is 2.29. The first-order chi connectivity index (χ1) is 8.22. The summed E-state index contributed by atoms with van der Waals surface area (Å²) in [7, 11) is 0. The lowest BCUT2D eigenvalue weighted by Crippen LogP contribution is -2.35. The van der Waals surface area contributed by atoms with Crippen LogP contribution in [0.15, 0.2) is 18.2 Å². The average molecular weight is 234 g/mol. The fourth-order valence-electron chi connectivity index (χ4n) is 1.97. The number of hydrogen-bond donors (Lipinski definition) is 1. The molecule has 1 aliphatic rings. The predicted molar refractivity (Wildman–Crippen MR) is 61.5 cm³/mol. The van der Waals surface area contributed by atoms with Crippen LogP contribution in [0.1, 0.15) is 24.0 Å². The minimum atomic E-state index is -0.321. The Morgan fingerprint density at radius 3 is 2.88 bits per heavy atom. The zero-order valence-corrected chi connectivity index (χ0v) is 9.53. The molecule has 0 heterocycles. The molecule has 0 aliphatic heterocycles. The fraction of sp³-hybridized carbons (Fsp3) is 0.462. The van der Waals surface area contributed by atoms with Crippen LogP contribution in [0.25, 0.3) is 0 Å². The van der Waals surface area contributed by atoms with Gasteiger partial charge in [-0.15, -0.1) is 0 Å². The van der Waals surface area contributed by atoms with Crippen LogP contribution in [-0.2, 0) is 11.3 Å². The van der Waals surface area contributed by atoms with Gasteiger partial charge in [0.15, 0.2) is 0 Å². The summed E-state index contributed by atoms with van der Waals surface area (Å²) in [6, 6.07) is 6.29. The Bertz CT molecular complexity index is 436. The highest BCUT2D eigenvalue weighted by molar-refractivity contribution is 5.33. The van der Waals surface area contributed by atoms with Gasteiger partial charge in [-0.2, -0.15) is 5.26 Å². The van der Waals surface area contributed by atoms with E-state index in [4.69, 9.17) is 15.7 Å². The van der Waals surface area contributed by atoms with Gasteiger partial charge < -0.3 is 10.5 Å². The van der Waals surface area contributed by atoms with E-state index in [1.54, 1.807) is 0 Å². The third kappa shape index (κ3) is 2.82. The molecular weight excluding hydrogens is 219 g/mol. The second kappa shape index (κ2) is 5.26. The van der Waals surface area contributed by atoms with Gasteiger partial charge in [-0.05, 0) is 43.5 Å². The zero-order valence-electron chi connectivity index (χ0n) is 9.53. The molecule has 0 aromatic heterocycles. The van der Waals surface area contributed by atoms with Gasteiger partial charge in [0.05, 0.1) is 24.3 Å². The summed E-state index contributed by atoms with van der Waals surface area (Å²) < 4.78 is 19.0. The minimum Gasteiger partial charge on any atom is -0.373 e. The fourth-order valence-corrected chi connectivity index (χ4v) is 1.97. The van der Waals surface area contributed by atoms with Crippen molar-refractivity contribution in [3.05, 3.63) is 35.1 Å². The normalized spacial score (nSPS) is 22.9. The summed E-state index contributed by atoms with van der Waals surface area (Å²) in [6.45, 7) is 0.918. The van der Waals surface area contributed by atoms with Gasteiger partial charge in [-0.3, -0.25) is 0 Å². The third-order valence-corrected chi connectivity index (χ3v) is 3.18. The molecule has 1 saturated carbocycles. The number of halogens is 1. The van der Waals surface area contributed by atoms with E-state index in [1.807, 2.05) is 6.07 Å². The molecule has 0 unspecified atom stereocenters. The first-order valence-electron chi connectivity index (χ1n) is 5.73. The zero-order chi connectivity index (χ0) is 12.3. The summed E-state index contributed by atoms with van der Waals surface area (Å²) >= 11 is 0. The molecule has 0 atom stereocenters. The summed E-state index contributed by atoms with van der Waals surface area (Å²) in [5.74, 6) is 0.231. The van der Waals surface area contributed by atoms with Gasteiger partial charge in [-0.1, -0.05) is 0 Å². The minimum absolute atomic E-state index is 0.189. The summed E-state index contributed by atoms with van der Waals surface area (Å²) in [6.07, 6.45) is 2.10. The monoisotopic (exact) mass is 234 g/mol. The van der Waals surface area contributed by atoms with Gasteiger partial charge >= 0.3 is 0 Å². The standard InChI is InChI=1S/C13H15FN2O/c14-13-2-1-9(6-15)3-11(13)8-17-12-4-10(5-12)7-16/h1-3,10,12H,4-5,7-8,16H2. The number of benzene rings is 1. The molecule has 2 rings (SSSR count). The second-order valence-corrected chi connectivity index (χ2v) is 4.42. The van der Waals surface area contributed by atoms with Crippen molar-refractivity contribution in [3.63, 3.8) is 0 Å². The second-order valence-electron chi connectivity index (χ2n) is 4.42. The summed E-state index contributed by atoms with van der Waals surface area (Å²) in [5.41, 5.74) is 6.42. The van der Waals surface area contributed by atoms with Crippen LogP contribution in [0.3, 0.4) is 0 Å². The highest BCUT2D eigenvalue weighted by atomic mass is 19.1. The van der Waals surface area contributed by atoms with Crippen molar-refractivity contribution in [1.29, 1.82) is 5.26 Å². The molecule has 0 amide bonds. The number of ether oxygens (including phenoxy) is 1. The van der Waals surface area contributed by atoms with Gasteiger partial charge in [0.1, 0.15) is 5.82 Å². The van der Waals surface area contributed by atoms with Crippen molar-refractivity contribution in [2.24, 2.45) is 11.7 Å². The summed E-state index contributed by atoms with van der Waals surface area (Å²) in [5, 5.41) is 8.73. The number of hydrogen-bond acceptors (Lipinski definition) is 3. The van der Waals surface area contributed by atoms with Crippen molar-refractivity contribution in [3.8, 4) is 6.07 Å². The van der Waals surface area contributed by atoms with Crippen LogP contribution in [0.2, 0.25) is 0 Å².